The molecule has 0 saturated carbocycles. The van der Waals surface area contributed by atoms with Crippen molar-refractivity contribution in [2.24, 2.45) is 0 Å². The molecule has 0 atom stereocenters. The fraction of sp³-hybridized carbons (Fsp3) is 0.364. The van der Waals surface area contributed by atoms with Crippen molar-refractivity contribution in [1.29, 1.82) is 0 Å². The summed E-state index contributed by atoms with van der Waals surface area (Å²) in [5.74, 6) is -0.940. The van der Waals surface area contributed by atoms with Gasteiger partial charge in [0.1, 0.15) is 5.69 Å². The van der Waals surface area contributed by atoms with Gasteiger partial charge in [-0.15, -0.1) is 0 Å². The number of nitro benzene ring substituents is 1. The minimum atomic E-state index is -0.940. The number of aliphatic carboxylic acids is 1. The molecule has 0 spiro atoms. The lowest BCUT2D eigenvalue weighted by Crippen LogP contribution is -2.09. The van der Waals surface area contributed by atoms with E-state index in [4.69, 9.17) is 5.11 Å². The number of carbonyl (C=O) groups is 1. The summed E-state index contributed by atoms with van der Waals surface area (Å²) in [5.41, 5.74) is 1.83. The van der Waals surface area contributed by atoms with E-state index in [1.807, 2.05) is 6.92 Å². The molecule has 0 saturated heterocycles. The van der Waals surface area contributed by atoms with Crippen LogP contribution in [0.3, 0.4) is 0 Å². The molecular formula is C11H14N2O4. The molecule has 92 valence electrons. The molecule has 17 heavy (non-hydrogen) atoms. The summed E-state index contributed by atoms with van der Waals surface area (Å²) in [6.07, 6.45) is -0.0792. The number of nitrogens with one attached hydrogen (secondary N) is 1. The molecule has 0 radical (unpaired) electrons. The first-order chi connectivity index (χ1) is 7.91. The highest BCUT2D eigenvalue weighted by atomic mass is 16.6. The van der Waals surface area contributed by atoms with E-state index >= 15 is 0 Å². The Balaban J connectivity index is 2.96. The lowest BCUT2D eigenvalue weighted by atomic mass is 10.1. The first-order valence-electron chi connectivity index (χ1n) is 5.13. The molecule has 2 N–H and O–H groups in total. The standard InChI is InChI=1S/C11H14N2O4/c1-7-5-8(2)11(13(16)17)9(6-7)12-4-3-10(14)15/h5-6,12H,3-4H2,1-2H3,(H,14,15). The highest BCUT2D eigenvalue weighted by Gasteiger charge is 2.17. The number of anilines is 1. The number of hydrogen-bond acceptors (Lipinski definition) is 4. The zero-order chi connectivity index (χ0) is 13.0. The molecule has 1 rings (SSSR count). The fourth-order valence-corrected chi connectivity index (χ4v) is 1.64. The van der Waals surface area contributed by atoms with Crippen LogP contribution in [0.2, 0.25) is 0 Å². The monoisotopic (exact) mass is 238 g/mol. The van der Waals surface area contributed by atoms with Gasteiger partial charge in [0, 0.05) is 12.1 Å². The van der Waals surface area contributed by atoms with Gasteiger partial charge < -0.3 is 10.4 Å². The molecule has 0 aromatic heterocycles. The third kappa shape index (κ3) is 3.44. The maximum absolute atomic E-state index is 10.9. The van der Waals surface area contributed by atoms with Gasteiger partial charge in [0.05, 0.1) is 11.3 Å². The van der Waals surface area contributed by atoms with E-state index in [9.17, 15) is 14.9 Å². The number of nitro groups is 1. The molecule has 0 unspecified atom stereocenters. The molecule has 1 aromatic carbocycles. The third-order valence-corrected chi connectivity index (χ3v) is 2.28. The molecule has 0 heterocycles. The number of benzene rings is 1. The van der Waals surface area contributed by atoms with E-state index in [0.29, 0.717) is 11.3 Å². The average molecular weight is 238 g/mol. The topological polar surface area (TPSA) is 92.5 Å². The molecule has 6 heteroatoms. The van der Waals surface area contributed by atoms with E-state index < -0.39 is 10.9 Å². The molecule has 1 aromatic rings. The zero-order valence-corrected chi connectivity index (χ0v) is 9.69. The SMILES string of the molecule is Cc1cc(C)c([N+](=O)[O-])c(NCCC(=O)O)c1. The lowest BCUT2D eigenvalue weighted by Gasteiger charge is -2.08. The van der Waals surface area contributed by atoms with Crippen LogP contribution in [0.15, 0.2) is 12.1 Å². The summed E-state index contributed by atoms with van der Waals surface area (Å²) in [7, 11) is 0. The van der Waals surface area contributed by atoms with E-state index in [-0.39, 0.29) is 18.7 Å². The van der Waals surface area contributed by atoms with Crippen LogP contribution in [0.4, 0.5) is 11.4 Å². The highest BCUT2D eigenvalue weighted by molar-refractivity contribution is 5.69. The molecule has 0 aliphatic rings. The Kier molecular flexibility index (Phi) is 4.03. The van der Waals surface area contributed by atoms with Crippen LogP contribution in [0.25, 0.3) is 0 Å². The first kappa shape index (κ1) is 13.0. The van der Waals surface area contributed by atoms with Crippen LogP contribution in [0, 0.1) is 24.0 Å². The average Bonchev–Trinajstić information content (AvgIpc) is 2.14. The Hall–Kier alpha value is -2.11. The molecule has 0 aliphatic heterocycles. The van der Waals surface area contributed by atoms with Crippen LogP contribution in [0.1, 0.15) is 17.5 Å². The van der Waals surface area contributed by atoms with Crippen LogP contribution < -0.4 is 5.32 Å². The molecular weight excluding hydrogens is 224 g/mol. The van der Waals surface area contributed by atoms with Crippen LogP contribution in [0.5, 0.6) is 0 Å². The highest BCUT2D eigenvalue weighted by Crippen LogP contribution is 2.29. The van der Waals surface area contributed by atoms with E-state index in [0.717, 1.165) is 5.56 Å². The summed E-state index contributed by atoms with van der Waals surface area (Å²) in [6.45, 7) is 3.66. The molecule has 0 fully saturated rings. The molecule has 6 nitrogen and oxygen atoms in total. The van der Waals surface area contributed by atoms with Crippen molar-refractivity contribution in [3.63, 3.8) is 0 Å². The molecule has 0 aliphatic carbocycles. The van der Waals surface area contributed by atoms with Gasteiger partial charge >= 0.3 is 5.97 Å². The van der Waals surface area contributed by atoms with Crippen molar-refractivity contribution in [2.45, 2.75) is 20.3 Å². The molecule has 0 bridgehead atoms. The number of rotatable bonds is 5. The summed E-state index contributed by atoms with van der Waals surface area (Å²) >= 11 is 0. The number of nitrogens with zero attached hydrogens (tertiary/aromatic N) is 1. The van der Waals surface area contributed by atoms with Gasteiger partial charge in [0.2, 0.25) is 0 Å². The van der Waals surface area contributed by atoms with Crippen molar-refractivity contribution in [3.8, 4) is 0 Å². The summed E-state index contributed by atoms with van der Waals surface area (Å²) in [5, 5.41) is 22.2. The quantitative estimate of drug-likeness (QED) is 0.605. The van der Waals surface area contributed by atoms with Crippen molar-refractivity contribution in [1.82, 2.24) is 0 Å². The second-order valence-electron chi connectivity index (χ2n) is 3.81. The Morgan fingerprint density at radius 2 is 2.12 bits per heavy atom. The largest absolute Gasteiger partial charge is 0.481 e. The van der Waals surface area contributed by atoms with E-state index in [2.05, 4.69) is 5.32 Å². The van der Waals surface area contributed by atoms with Gasteiger partial charge in [-0.3, -0.25) is 14.9 Å². The minimum absolute atomic E-state index is 0.000916. The predicted molar refractivity (Wildman–Crippen MR) is 63.3 cm³/mol. The number of hydrogen-bond donors (Lipinski definition) is 2. The van der Waals surface area contributed by atoms with E-state index in [1.54, 1.807) is 19.1 Å². The summed E-state index contributed by atoms with van der Waals surface area (Å²) in [6, 6.07) is 3.37. The third-order valence-electron chi connectivity index (χ3n) is 2.28. The van der Waals surface area contributed by atoms with Gasteiger partial charge in [0.25, 0.3) is 5.69 Å². The van der Waals surface area contributed by atoms with Gasteiger partial charge in [-0.1, -0.05) is 0 Å². The second kappa shape index (κ2) is 5.29. The Bertz CT molecular complexity index is 457. The molecule has 0 amide bonds. The van der Waals surface area contributed by atoms with Crippen molar-refractivity contribution in [2.75, 3.05) is 11.9 Å². The smallest absolute Gasteiger partial charge is 0.305 e. The van der Waals surface area contributed by atoms with Gasteiger partial charge in [0.15, 0.2) is 0 Å². The minimum Gasteiger partial charge on any atom is -0.481 e. The lowest BCUT2D eigenvalue weighted by molar-refractivity contribution is -0.384. The number of carboxylic acids is 1. The Labute approximate surface area is 98.4 Å². The Morgan fingerprint density at radius 1 is 1.47 bits per heavy atom. The van der Waals surface area contributed by atoms with Crippen LogP contribution >= 0.6 is 0 Å². The van der Waals surface area contributed by atoms with Crippen LogP contribution in [-0.4, -0.2) is 22.5 Å². The van der Waals surface area contributed by atoms with Crippen molar-refractivity contribution < 1.29 is 14.8 Å². The van der Waals surface area contributed by atoms with Crippen LogP contribution in [-0.2, 0) is 4.79 Å². The second-order valence-corrected chi connectivity index (χ2v) is 3.81. The van der Waals surface area contributed by atoms with Gasteiger partial charge in [-0.2, -0.15) is 0 Å². The first-order valence-corrected chi connectivity index (χ1v) is 5.13. The zero-order valence-electron chi connectivity index (χ0n) is 9.69. The normalized spacial score (nSPS) is 10.0. The maximum atomic E-state index is 10.9. The maximum Gasteiger partial charge on any atom is 0.305 e. The van der Waals surface area contributed by atoms with E-state index in [1.165, 1.54) is 0 Å². The fourth-order valence-electron chi connectivity index (χ4n) is 1.64. The predicted octanol–water partition coefficient (Wildman–Crippen LogP) is 2.10. The van der Waals surface area contributed by atoms with Crippen molar-refractivity contribution in [3.05, 3.63) is 33.4 Å². The van der Waals surface area contributed by atoms with Gasteiger partial charge in [-0.25, -0.2) is 0 Å². The summed E-state index contributed by atoms with van der Waals surface area (Å²) < 4.78 is 0. The van der Waals surface area contributed by atoms with Crippen molar-refractivity contribution >= 4 is 17.3 Å². The Morgan fingerprint density at radius 3 is 2.65 bits per heavy atom. The summed E-state index contributed by atoms with van der Waals surface area (Å²) in [4.78, 5) is 20.8. The number of carboxylic acid groups (broad SMARTS) is 1. The van der Waals surface area contributed by atoms with Gasteiger partial charge in [-0.05, 0) is 31.5 Å². The number of aryl methyl sites for hydroxylation is 2.